The molecule has 1 aliphatic carbocycles. The summed E-state index contributed by atoms with van der Waals surface area (Å²) in [6.07, 6.45) is 4.95. The average molecular weight is 224 g/mol. The van der Waals surface area contributed by atoms with Gasteiger partial charge in [-0.3, -0.25) is 0 Å². The minimum Gasteiger partial charge on any atom is -0.357 e. The molecule has 15 heavy (non-hydrogen) atoms. The summed E-state index contributed by atoms with van der Waals surface area (Å²) >= 11 is 1.52. The topological polar surface area (TPSA) is 49.8 Å². The van der Waals surface area contributed by atoms with E-state index >= 15 is 0 Å². The minimum absolute atomic E-state index is 0.589. The van der Waals surface area contributed by atoms with Gasteiger partial charge in [0.1, 0.15) is 5.82 Å². The summed E-state index contributed by atoms with van der Waals surface area (Å²) in [5.74, 6) is 1.74. The Morgan fingerprint density at radius 1 is 1.20 bits per heavy atom. The number of piperidine rings is 1. The Hall–Kier alpha value is -0.680. The third-order valence-electron chi connectivity index (χ3n) is 3.05. The monoisotopic (exact) mass is 224 g/mol. The van der Waals surface area contributed by atoms with Crippen LogP contribution in [-0.2, 0) is 0 Å². The van der Waals surface area contributed by atoms with Crippen LogP contribution in [0.2, 0.25) is 0 Å². The van der Waals surface area contributed by atoms with Gasteiger partial charge in [-0.25, -0.2) is 4.98 Å². The molecule has 0 amide bonds. The summed E-state index contributed by atoms with van der Waals surface area (Å²) in [4.78, 5) is 4.54. The Balaban J connectivity index is 1.60. The molecule has 0 aromatic carbocycles. The van der Waals surface area contributed by atoms with Crippen LogP contribution in [0.1, 0.15) is 37.4 Å². The van der Waals surface area contributed by atoms with E-state index in [2.05, 4.69) is 20.0 Å². The third kappa shape index (κ3) is 2.29. The summed E-state index contributed by atoms with van der Waals surface area (Å²) in [6, 6.07) is 0.589. The molecule has 0 unspecified atom stereocenters. The van der Waals surface area contributed by atoms with Gasteiger partial charge in [0, 0.05) is 23.5 Å². The van der Waals surface area contributed by atoms with Crippen molar-refractivity contribution in [1.29, 1.82) is 0 Å². The highest BCUT2D eigenvalue weighted by Crippen LogP contribution is 2.39. The highest BCUT2D eigenvalue weighted by atomic mass is 32.1. The number of nitrogens with zero attached hydrogens (tertiary/aromatic N) is 2. The lowest BCUT2D eigenvalue weighted by atomic mass is 10.1. The second kappa shape index (κ2) is 4.06. The molecule has 2 heterocycles. The predicted molar refractivity (Wildman–Crippen MR) is 61.4 cm³/mol. The first-order valence-corrected chi connectivity index (χ1v) is 6.50. The van der Waals surface area contributed by atoms with E-state index in [-0.39, 0.29) is 0 Å². The van der Waals surface area contributed by atoms with Gasteiger partial charge in [-0.05, 0) is 38.8 Å². The number of aromatic nitrogens is 2. The lowest BCUT2D eigenvalue weighted by molar-refractivity contribution is 0.479. The summed E-state index contributed by atoms with van der Waals surface area (Å²) in [5, 5.41) is 7.87. The molecule has 0 atom stereocenters. The van der Waals surface area contributed by atoms with Crippen LogP contribution in [0.3, 0.4) is 0 Å². The van der Waals surface area contributed by atoms with Crippen LogP contribution < -0.4 is 10.6 Å². The van der Waals surface area contributed by atoms with E-state index in [0.29, 0.717) is 12.0 Å². The van der Waals surface area contributed by atoms with E-state index in [1.807, 2.05) is 0 Å². The number of hydrogen-bond donors (Lipinski definition) is 2. The number of hydrogen-bond acceptors (Lipinski definition) is 5. The number of nitrogens with one attached hydrogen (secondary N) is 2. The zero-order valence-corrected chi connectivity index (χ0v) is 9.52. The van der Waals surface area contributed by atoms with Gasteiger partial charge in [0.25, 0.3) is 0 Å². The first kappa shape index (κ1) is 9.54. The molecule has 0 spiro atoms. The Kier molecular flexibility index (Phi) is 2.58. The maximum absolute atomic E-state index is 4.54. The minimum atomic E-state index is 0.589. The SMILES string of the molecule is C1CC(Nc2nc(C3CC3)ns2)CCN1. The van der Waals surface area contributed by atoms with Gasteiger partial charge in [-0.15, -0.1) is 0 Å². The van der Waals surface area contributed by atoms with Crippen molar-refractivity contribution < 1.29 is 0 Å². The number of rotatable bonds is 3. The van der Waals surface area contributed by atoms with Gasteiger partial charge in [0.2, 0.25) is 5.13 Å². The van der Waals surface area contributed by atoms with Crippen molar-refractivity contribution in [3.05, 3.63) is 5.82 Å². The number of anilines is 1. The van der Waals surface area contributed by atoms with E-state index in [9.17, 15) is 0 Å². The molecule has 1 saturated heterocycles. The van der Waals surface area contributed by atoms with Crippen LogP contribution in [0.4, 0.5) is 5.13 Å². The molecular weight excluding hydrogens is 208 g/mol. The molecule has 5 heteroatoms. The van der Waals surface area contributed by atoms with E-state index < -0.39 is 0 Å². The summed E-state index contributed by atoms with van der Waals surface area (Å²) < 4.78 is 4.40. The van der Waals surface area contributed by atoms with Crippen LogP contribution in [0.5, 0.6) is 0 Å². The molecule has 1 aliphatic heterocycles. The van der Waals surface area contributed by atoms with Crippen LogP contribution >= 0.6 is 11.5 Å². The zero-order valence-electron chi connectivity index (χ0n) is 8.70. The molecule has 0 bridgehead atoms. The smallest absolute Gasteiger partial charge is 0.202 e. The van der Waals surface area contributed by atoms with Crippen molar-refractivity contribution in [3.8, 4) is 0 Å². The molecule has 2 fully saturated rings. The molecule has 1 aromatic rings. The van der Waals surface area contributed by atoms with Crippen LogP contribution in [0, 0.1) is 0 Å². The van der Waals surface area contributed by atoms with Crippen molar-refractivity contribution in [1.82, 2.24) is 14.7 Å². The van der Waals surface area contributed by atoms with Gasteiger partial charge >= 0.3 is 0 Å². The molecule has 1 saturated carbocycles. The van der Waals surface area contributed by atoms with Gasteiger partial charge < -0.3 is 10.6 Å². The second-order valence-electron chi connectivity index (χ2n) is 4.40. The molecule has 2 N–H and O–H groups in total. The van der Waals surface area contributed by atoms with Crippen molar-refractivity contribution >= 4 is 16.7 Å². The highest BCUT2D eigenvalue weighted by Gasteiger charge is 2.28. The third-order valence-corrected chi connectivity index (χ3v) is 3.71. The van der Waals surface area contributed by atoms with E-state index in [1.165, 1.54) is 37.2 Å². The molecule has 2 aliphatic rings. The Morgan fingerprint density at radius 3 is 2.73 bits per heavy atom. The highest BCUT2D eigenvalue weighted by molar-refractivity contribution is 7.09. The molecule has 4 nitrogen and oxygen atoms in total. The van der Waals surface area contributed by atoms with Gasteiger partial charge in [-0.1, -0.05) is 0 Å². The summed E-state index contributed by atoms with van der Waals surface area (Å²) in [7, 11) is 0. The summed E-state index contributed by atoms with van der Waals surface area (Å²) in [6.45, 7) is 2.23. The molecule has 0 radical (unpaired) electrons. The second-order valence-corrected chi connectivity index (χ2v) is 5.15. The van der Waals surface area contributed by atoms with Crippen molar-refractivity contribution in [2.75, 3.05) is 18.4 Å². The Labute approximate surface area is 93.7 Å². The standard InChI is InChI=1S/C10H16N4S/c1-2-7(1)9-13-10(15-14-9)12-8-3-5-11-6-4-8/h7-8,11H,1-6H2,(H,12,13,14). The molecular formula is C10H16N4S. The van der Waals surface area contributed by atoms with Crippen molar-refractivity contribution in [2.45, 2.75) is 37.6 Å². The van der Waals surface area contributed by atoms with E-state index in [0.717, 1.165) is 24.0 Å². The zero-order chi connectivity index (χ0) is 10.1. The first-order chi connectivity index (χ1) is 7.42. The maximum Gasteiger partial charge on any atom is 0.202 e. The van der Waals surface area contributed by atoms with Crippen LogP contribution in [-0.4, -0.2) is 28.5 Å². The lowest BCUT2D eigenvalue weighted by Crippen LogP contribution is -2.35. The molecule has 82 valence electrons. The Morgan fingerprint density at radius 2 is 2.00 bits per heavy atom. The molecule has 1 aromatic heterocycles. The average Bonchev–Trinajstić information content (AvgIpc) is 3.02. The Bertz CT molecular complexity index is 328. The van der Waals surface area contributed by atoms with Crippen molar-refractivity contribution in [3.63, 3.8) is 0 Å². The quantitative estimate of drug-likeness (QED) is 0.818. The van der Waals surface area contributed by atoms with Crippen molar-refractivity contribution in [2.24, 2.45) is 0 Å². The lowest BCUT2D eigenvalue weighted by Gasteiger charge is -2.22. The molecule has 3 rings (SSSR count). The largest absolute Gasteiger partial charge is 0.357 e. The van der Waals surface area contributed by atoms with E-state index in [4.69, 9.17) is 0 Å². The fraction of sp³-hybridized carbons (Fsp3) is 0.800. The summed E-state index contributed by atoms with van der Waals surface area (Å²) in [5.41, 5.74) is 0. The van der Waals surface area contributed by atoms with Gasteiger partial charge in [-0.2, -0.15) is 4.37 Å². The maximum atomic E-state index is 4.54. The van der Waals surface area contributed by atoms with Crippen LogP contribution in [0.25, 0.3) is 0 Å². The first-order valence-electron chi connectivity index (χ1n) is 5.72. The predicted octanol–water partition coefficient (Wildman–Crippen LogP) is 1.58. The normalized spacial score (nSPS) is 22.9. The van der Waals surface area contributed by atoms with Gasteiger partial charge in [0.15, 0.2) is 0 Å². The fourth-order valence-electron chi connectivity index (χ4n) is 1.94. The van der Waals surface area contributed by atoms with Gasteiger partial charge in [0.05, 0.1) is 0 Å². The van der Waals surface area contributed by atoms with Crippen LogP contribution in [0.15, 0.2) is 0 Å². The fourth-order valence-corrected chi connectivity index (χ4v) is 2.67. The van der Waals surface area contributed by atoms with E-state index in [1.54, 1.807) is 0 Å².